The molecule has 0 bridgehead atoms. The molecule has 0 radical (unpaired) electrons. The first-order chi connectivity index (χ1) is 22.0. The molecule has 0 aromatic carbocycles. The van der Waals surface area contributed by atoms with Gasteiger partial charge in [0.1, 0.15) is 17.8 Å². The third-order valence-electron chi connectivity index (χ3n) is 9.65. The normalized spacial score (nSPS) is 22.1. The third-order valence-corrected chi connectivity index (χ3v) is 9.65. The largest absolute Gasteiger partial charge is 0.462 e. The Kier molecular flexibility index (Phi) is 8.51. The summed E-state index contributed by atoms with van der Waals surface area (Å²) < 4.78 is 16.9. The number of hydrogen-bond donors (Lipinski definition) is 1. The van der Waals surface area contributed by atoms with E-state index in [1.54, 1.807) is 16.0 Å². The van der Waals surface area contributed by atoms with Crippen LogP contribution in [0.25, 0.3) is 0 Å². The number of ether oxygens (including phenoxy) is 3. The number of H-pyrrole nitrogens is 1. The number of hydrogen-bond acceptors (Lipinski definition) is 10. The van der Waals surface area contributed by atoms with E-state index in [1.807, 2.05) is 47.7 Å². The van der Waals surface area contributed by atoms with Crippen molar-refractivity contribution < 1.29 is 23.8 Å². The van der Waals surface area contributed by atoms with Crippen molar-refractivity contribution in [3.05, 3.63) is 45.4 Å². The van der Waals surface area contributed by atoms with Crippen LogP contribution in [0.5, 0.6) is 6.01 Å². The monoisotopic (exact) mass is 651 g/mol. The van der Waals surface area contributed by atoms with E-state index in [2.05, 4.69) is 31.9 Å². The zero-order valence-electron chi connectivity index (χ0n) is 28.9. The lowest BCUT2D eigenvalue weighted by atomic mass is 9.91. The van der Waals surface area contributed by atoms with Crippen molar-refractivity contribution in [2.45, 2.75) is 121 Å². The molecule has 0 unspecified atom stereocenters. The predicted molar refractivity (Wildman–Crippen MR) is 173 cm³/mol. The molecule has 13 heteroatoms. The van der Waals surface area contributed by atoms with Crippen LogP contribution in [0.2, 0.25) is 0 Å². The van der Waals surface area contributed by atoms with E-state index in [4.69, 9.17) is 14.2 Å². The molecule has 2 aromatic rings. The Hall–Kier alpha value is -3.74. The molecule has 1 N–H and O–H groups in total. The first-order valence-corrected chi connectivity index (χ1v) is 16.8. The molecule has 2 spiro atoms. The van der Waals surface area contributed by atoms with Crippen LogP contribution < -0.4 is 10.4 Å². The highest BCUT2D eigenvalue weighted by Gasteiger charge is 2.52. The maximum absolute atomic E-state index is 12.6. The van der Waals surface area contributed by atoms with E-state index in [-0.39, 0.29) is 28.7 Å². The average molecular weight is 652 g/mol. The lowest BCUT2D eigenvalue weighted by Crippen LogP contribution is -2.45. The van der Waals surface area contributed by atoms with Gasteiger partial charge >= 0.3 is 23.9 Å². The van der Waals surface area contributed by atoms with Crippen molar-refractivity contribution in [3.8, 4) is 6.01 Å². The smallest absolute Gasteiger partial charge is 0.410 e. The highest BCUT2D eigenvalue weighted by atomic mass is 16.6. The van der Waals surface area contributed by atoms with Gasteiger partial charge in [-0.1, -0.05) is 0 Å². The Balaban J connectivity index is 0.000000172. The third kappa shape index (κ3) is 7.55. The molecule has 3 fully saturated rings. The van der Waals surface area contributed by atoms with Crippen molar-refractivity contribution >= 4 is 12.2 Å². The molecule has 2 saturated carbocycles. The van der Waals surface area contributed by atoms with E-state index in [9.17, 15) is 14.4 Å². The zero-order chi connectivity index (χ0) is 33.8. The van der Waals surface area contributed by atoms with Crippen LogP contribution in [-0.2, 0) is 33.4 Å². The summed E-state index contributed by atoms with van der Waals surface area (Å²) in [5, 5.41) is 0. The van der Waals surface area contributed by atoms with Gasteiger partial charge in [-0.05, 0) is 99.2 Å². The molecule has 5 aliphatic rings. The van der Waals surface area contributed by atoms with Gasteiger partial charge in [-0.15, -0.1) is 0 Å². The summed E-state index contributed by atoms with van der Waals surface area (Å²) in [5.41, 5.74) is 2.54. The standard InChI is InChI=1S/C20H30N4O3.C14H19N3O3/c1-19(2,3)27-18(25)24-11-16-15(20(13-24)7-8-20)10-21-17(22-16)26-12-14-6-5-9-23(14)4;1-13(2,3)20-12(19)17-7-10-9(6-15-11(18)16-10)14(8-17)4-5-14/h10,14H,5-9,11-13H2,1-4H3;6H,4-5,7-8H2,1-3H3,(H,15,16,18)/t14-;/m0./s1. The molecular weight excluding hydrogens is 602 g/mol. The molecule has 47 heavy (non-hydrogen) atoms. The molecule has 13 nitrogen and oxygen atoms in total. The van der Waals surface area contributed by atoms with E-state index in [0.717, 1.165) is 55.6 Å². The fraction of sp³-hybridized carbons (Fsp3) is 0.706. The summed E-state index contributed by atoms with van der Waals surface area (Å²) in [6, 6.07) is 0.841. The molecule has 7 rings (SSSR count). The van der Waals surface area contributed by atoms with Crippen LogP contribution in [0.1, 0.15) is 103 Å². The molecule has 256 valence electrons. The maximum atomic E-state index is 12.6. The maximum Gasteiger partial charge on any atom is 0.410 e. The number of nitrogens with one attached hydrogen (secondary N) is 1. The summed E-state index contributed by atoms with van der Waals surface area (Å²) in [4.78, 5) is 57.6. The Morgan fingerprint density at radius 2 is 1.47 bits per heavy atom. The average Bonchev–Trinajstić information content (AvgIpc) is 3.88. The molecule has 3 aliphatic heterocycles. The second kappa shape index (κ2) is 12.1. The fourth-order valence-corrected chi connectivity index (χ4v) is 6.86. The second-order valence-electron chi connectivity index (χ2n) is 15.9. The summed E-state index contributed by atoms with van der Waals surface area (Å²) in [7, 11) is 2.13. The highest BCUT2D eigenvalue weighted by molar-refractivity contribution is 5.70. The van der Waals surface area contributed by atoms with Gasteiger partial charge in [0.05, 0.1) is 18.8 Å². The fourth-order valence-electron chi connectivity index (χ4n) is 6.86. The van der Waals surface area contributed by atoms with Crippen molar-refractivity contribution in [2.75, 3.05) is 33.3 Å². The van der Waals surface area contributed by atoms with Gasteiger partial charge in [0.2, 0.25) is 0 Å². The van der Waals surface area contributed by atoms with Crippen molar-refractivity contribution in [1.29, 1.82) is 0 Å². The van der Waals surface area contributed by atoms with Gasteiger partial charge in [0.15, 0.2) is 0 Å². The summed E-state index contributed by atoms with van der Waals surface area (Å²) in [6.45, 7) is 15.1. The number of carbonyl (C=O) groups is 2. The SMILES string of the molecule is CC(C)(C)OC(=O)N1Cc2[nH]c(=O)ncc2C2(CC2)C1.CN1CCC[C@H]1COc1ncc2c(n1)CN(C(=O)OC(C)(C)C)CC21CC1. The Morgan fingerprint density at radius 3 is 2.02 bits per heavy atom. The summed E-state index contributed by atoms with van der Waals surface area (Å²) in [6.07, 6.45) is 9.51. The Labute approximate surface area is 276 Å². The molecule has 2 amide bonds. The van der Waals surface area contributed by atoms with Gasteiger partial charge in [0.25, 0.3) is 0 Å². The van der Waals surface area contributed by atoms with Crippen LogP contribution in [-0.4, -0.2) is 97.4 Å². The van der Waals surface area contributed by atoms with E-state index >= 15 is 0 Å². The highest BCUT2D eigenvalue weighted by Crippen LogP contribution is 2.53. The zero-order valence-corrected chi connectivity index (χ0v) is 28.9. The van der Waals surface area contributed by atoms with Crippen molar-refractivity contribution in [3.63, 3.8) is 0 Å². The van der Waals surface area contributed by atoms with Gasteiger partial charge in [-0.3, -0.25) is 0 Å². The topological polar surface area (TPSA) is 143 Å². The number of amides is 2. The lowest BCUT2D eigenvalue weighted by Gasteiger charge is -2.35. The molecular formula is C34H49N7O6. The van der Waals surface area contributed by atoms with E-state index in [1.165, 1.54) is 12.0 Å². The van der Waals surface area contributed by atoms with E-state index in [0.29, 0.717) is 44.8 Å². The van der Waals surface area contributed by atoms with Crippen LogP contribution in [0.3, 0.4) is 0 Å². The van der Waals surface area contributed by atoms with Crippen molar-refractivity contribution in [1.82, 2.24) is 34.6 Å². The first kappa shape index (κ1) is 33.2. The van der Waals surface area contributed by atoms with Gasteiger partial charge < -0.3 is 33.9 Å². The van der Waals surface area contributed by atoms with Crippen LogP contribution in [0.4, 0.5) is 9.59 Å². The number of nitrogens with zero attached hydrogens (tertiary/aromatic N) is 6. The van der Waals surface area contributed by atoms with Crippen LogP contribution >= 0.6 is 0 Å². The van der Waals surface area contributed by atoms with Gasteiger partial charge in [0, 0.05) is 53.6 Å². The molecule has 1 atom stereocenters. The number of aromatic amines is 1. The van der Waals surface area contributed by atoms with Crippen LogP contribution in [0, 0.1) is 0 Å². The number of likely N-dealkylation sites (N-methyl/N-ethyl adjacent to an activating group) is 1. The minimum absolute atomic E-state index is 0.00862. The minimum atomic E-state index is -0.514. The van der Waals surface area contributed by atoms with Crippen LogP contribution in [0.15, 0.2) is 17.2 Å². The summed E-state index contributed by atoms with van der Waals surface area (Å²) >= 11 is 0. The second-order valence-corrected chi connectivity index (χ2v) is 15.9. The molecule has 2 aromatic heterocycles. The first-order valence-electron chi connectivity index (χ1n) is 16.8. The Morgan fingerprint density at radius 1 is 0.894 bits per heavy atom. The van der Waals surface area contributed by atoms with E-state index < -0.39 is 11.2 Å². The number of carbonyl (C=O) groups excluding carboxylic acids is 2. The quantitative estimate of drug-likeness (QED) is 0.511. The minimum Gasteiger partial charge on any atom is -0.462 e. The number of aromatic nitrogens is 4. The van der Waals surface area contributed by atoms with Crippen molar-refractivity contribution in [2.24, 2.45) is 0 Å². The molecule has 5 heterocycles. The van der Waals surface area contributed by atoms with Gasteiger partial charge in [-0.25, -0.2) is 24.4 Å². The lowest BCUT2D eigenvalue weighted by molar-refractivity contribution is 0.0183. The van der Waals surface area contributed by atoms with Gasteiger partial charge in [-0.2, -0.15) is 4.98 Å². The predicted octanol–water partition coefficient (Wildman–Crippen LogP) is 4.28. The molecule has 1 saturated heterocycles. The number of rotatable bonds is 3. The summed E-state index contributed by atoms with van der Waals surface area (Å²) in [5.74, 6) is 0. The number of likely N-dealkylation sites (tertiary alicyclic amines) is 1. The molecule has 2 aliphatic carbocycles. The Bertz CT molecular complexity index is 1570. The number of fused-ring (bicyclic) bond motifs is 4.